The molecule has 0 fully saturated rings. The van der Waals surface area contributed by atoms with E-state index in [4.69, 9.17) is 0 Å². The molecule has 1 aromatic rings. The molecule has 0 aliphatic carbocycles. The molecule has 1 rings (SSSR count). The third-order valence-electron chi connectivity index (χ3n) is 2.30. The quantitative estimate of drug-likeness (QED) is 0.607. The number of benzene rings is 1. The summed E-state index contributed by atoms with van der Waals surface area (Å²) in [7, 11) is 0. The molecule has 0 nitrogen and oxygen atoms in total. The lowest BCUT2D eigenvalue weighted by Crippen LogP contribution is -1.92. The predicted molar refractivity (Wildman–Crippen MR) is 81.5 cm³/mol. The third-order valence-corrected chi connectivity index (χ3v) is 2.30. The van der Waals surface area contributed by atoms with Crippen molar-refractivity contribution in [2.75, 3.05) is 0 Å². The van der Waals surface area contributed by atoms with Crippen molar-refractivity contribution in [2.45, 2.75) is 61.3 Å². The normalized spacial score (nSPS) is 9.24. The van der Waals surface area contributed by atoms with Crippen LogP contribution in [0.1, 0.15) is 60.5 Å². The lowest BCUT2D eigenvalue weighted by molar-refractivity contribution is 0.626. The van der Waals surface area contributed by atoms with Crippen molar-refractivity contribution in [2.24, 2.45) is 11.8 Å². The van der Waals surface area contributed by atoms with Gasteiger partial charge in [0.2, 0.25) is 0 Å². The standard InChI is InChI=1S/C10H14.C5H12.C2H6/c1-9(2)8-10-6-4-3-5-7-10;1-4-5(2)3;1-2/h3-7,9H,8H2,1-2H3;5H,4H2,1-3H3;1-2H3. The summed E-state index contributed by atoms with van der Waals surface area (Å²) >= 11 is 0. The monoisotopic (exact) mass is 236 g/mol. The molecule has 0 heteroatoms. The molecule has 1 aromatic carbocycles. The molecule has 0 bridgehead atoms. The van der Waals surface area contributed by atoms with Crippen molar-refractivity contribution in [3.63, 3.8) is 0 Å². The summed E-state index contributed by atoms with van der Waals surface area (Å²) in [5, 5.41) is 0. The minimum atomic E-state index is 0.766. The molecule has 0 radical (unpaired) electrons. The van der Waals surface area contributed by atoms with E-state index in [1.165, 1.54) is 18.4 Å². The first-order chi connectivity index (χ1) is 8.06. The molecular weight excluding hydrogens is 204 g/mol. The highest BCUT2D eigenvalue weighted by molar-refractivity contribution is 5.14. The zero-order chi connectivity index (χ0) is 13.7. The van der Waals surface area contributed by atoms with Gasteiger partial charge in [0.15, 0.2) is 0 Å². The van der Waals surface area contributed by atoms with Crippen LogP contribution >= 0.6 is 0 Å². The lowest BCUT2D eigenvalue weighted by Gasteiger charge is -2.02. The van der Waals surface area contributed by atoms with Crippen LogP contribution in [0.4, 0.5) is 0 Å². The average Bonchev–Trinajstić information content (AvgIpc) is 2.33. The molecule has 0 aliphatic heterocycles. The van der Waals surface area contributed by atoms with Crippen molar-refractivity contribution in [3.05, 3.63) is 35.9 Å². The van der Waals surface area contributed by atoms with Crippen LogP contribution < -0.4 is 0 Å². The van der Waals surface area contributed by atoms with E-state index < -0.39 is 0 Å². The van der Waals surface area contributed by atoms with Gasteiger partial charge in [-0.2, -0.15) is 0 Å². The zero-order valence-corrected chi connectivity index (χ0v) is 13.0. The van der Waals surface area contributed by atoms with Crippen molar-refractivity contribution in [1.29, 1.82) is 0 Å². The average molecular weight is 236 g/mol. The van der Waals surface area contributed by atoms with Crippen molar-refractivity contribution in [3.8, 4) is 0 Å². The topological polar surface area (TPSA) is 0 Å². The summed E-state index contributed by atoms with van der Waals surface area (Å²) in [5.74, 6) is 1.65. The van der Waals surface area contributed by atoms with Gasteiger partial charge in [-0.3, -0.25) is 0 Å². The molecule has 17 heavy (non-hydrogen) atoms. The number of hydrogen-bond acceptors (Lipinski definition) is 0. The first-order valence-electron chi connectivity index (χ1n) is 7.10. The Labute approximate surface area is 109 Å². The van der Waals surface area contributed by atoms with Crippen molar-refractivity contribution in [1.82, 2.24) is 0 Å². The van der Waals surface area contributed by atoms with Gasteiger partial charge in [0.25, 0.3) is 0 Å². The second-order valence-corrected chi connectivity index (χ2v) is 4.89. The zero-order valence-electron chi connectivity index (χ0n) is 13.0. The second-order valence-electron chi connectivity index (χ2n) is 4.89. The molecule has 0 aliphatic rings. The maximum Gasteiger partial charge on any atom is -0.0256 e. The van der Waals surface area contributed by atoms with Crippen molar-refractivity contribution >= 4 is 0 Å². The Morgan fingerprint density at radius 2 is 1.24 bits per heavy atom. The Bertz CT molecular complexity index is 221. The summed E-state index contributed by atoms with van der Waals surface area (Å²) in [6.45, 7) is 15.1. The Kier molecular flexibility index (Phi) is 14.5. The van der Waals surface area contributed by atoms with Crippen LogP contribution in [0.25, 0.3) is 0 Å². The fraction of sp³-hybridized carbons (Fsp3) is 0.647. The maximum atomic E-state index is 2.24. The molecule has 0 amide bonds. The Morgan fingerprint density at radius 1 is 0.824 bits per heavy atom. The van der Waals surface area contributed by atoms with E-state index in [1.54, 1.807) is 0 Å². The van der Waals surface area contributed by atoms with Gasteiger partial charge in [0.05, 0.1) is 0 Å². The largest absolute Gasteiger partial charge is 0.0683 e. The first kappa shape index (κ1) is 18.6. The molecule has 0 unspecified atom stereocenters. The molecule has 0 heterocycles. The van der Waals surface area contributed by atoms with E-state index in [0.29, 0.717) is 0 Å². The summed E-state index contributed by atoms with van der Waals surface area (Å²) < 4.78 is 0. The molecule has 0 saturated heterocycles. The van der Waals surface area contributed by atoms with Gasteiger partial charge in [-0.1, -0.05) is 85.2 Å². The third kappa shape index (κ3) is 15.2. The van der Waals surface area contributed by atoms with E-state index in [9.17, 15) is 0 Å². The Hall–Kier alpha value is -0.780. The fourth-order valence-corrected chi connectivity index (χ4v) is 1.09. The Morgan fingerprint density at radius 3 is 1.53 bits per heavy atom. The smallest absolute Gasteiger partial charge is 0.0256 e. The van der Waals surface area contributed by atoms with E-state index in [0.717, 1.165) is 11.8 Å². The van der Waals surface area contributed by atoms with Gasteiger partial charge < -0.3 is 0 Å². The number of hydrogen-bond donors (Lipinski definition) is 0. The van der Waals surface area contributed by atoms with Gasteiger partial charge in [-0.15, -0.1) is 0 Å². The predicted octanol–water partition coefficient (Wildman–Crippen LogP) is 5.96. The van der Waals surface area contributed by atoms with Crippen LogP contribution in [0.15, 0.2) is 30.3 Å². The van der Waals surface area contributed by atoms with Crippen LogP contribution in [-0.2, 0) is 6.42 Å². The minimum absolute atomic E-state index is 0.766. The Balaban J connectivity index is 0. The van der Waals surface area contributed by atoms with Crippen molar-refractivity contribution < 1.29 is 0 Å². The molecule has 0 spiro atoms. The molecule has 0 N–H and O–H groups in total. The van der Waals surface area contributed by atoms with E-state index in [-0.39, 0.29) is 0 Å². The van der Waals surface area contributed by atoms with E-state index >= 15 is 0 Å². The SMILES string of the molecule is CC.CC(C)Cc1ccccc1.CCC(C)C. The van der Waals surface area contributed by atoms with Gasteiger partial charge in [0.1, 0.15) is 0 Å². The molecule has 0 atom stereocenters. The molecule has 100 valence electrons. The van der Waals surface area contributed by atoms with E-state index in [1.807, 2.05) is 13.8 Å². The molecule has 0 aromatic heterocycles. The summed E-state index contributed by atoms with van der Waals surface area (Å²) in [6, 6.07) is 10.6. The summed E-state index contributed by atoms with van der Waals surface area (Å²) in [5.41, 5.74) is 1.44. The van der Waals surface area contributed by atoms with Crippen LogP contribution in [0.5, 0.6) is 0 Å². The fourth-order valence-electron chi connectivity index (χ4n) is 1.09. The minimum Gasteiger partial charge on any atom is -0.0683 e. The highest BCUT2D eigenvalue weighted by Gasteiger charge is 1.94. The van der Waals surface area contributed by atoms with Gasteiger partial charge in [0, 0.05) is 0 Å². The summed E-state index contributed by atoms with van der Waals surface area (Å²) in [6.07, 6.45) is 2.50. The van der Waals surface area contributed by atoms with Crippen LogP contribution in [0, 0.1) is 11.8 Å². The highest BCUT2D eigenvalue weighted by Crippen LogP contribution is 2.06. The van der Waals surface area contributed by atoms with Gasteiger partial charge >= 0.3 is 0 Å². The van der Waals surface area contributed by atoms with Gasteiger partial charge in [-0.25, -0.2) is 0 Å². The highest BCUT2D eigenvalue weighted by atomic mass is 14.0. The van der Waals surface area contributed by atoms with Crippen LogP contribution in [0.2, 0.25) is 0 Å². The van der Waals surface area contributed by atoms with Crippen LogP contribution in [0.3, 0.4) is 0 Å². The molecule has 0 saturated carbocycles. The first-order valence-corrected chi connectivity index (χ1v) is 7.10. The van der Waals surface area contributed by atoms with Crippen LogP contribution in [-0.4, -0.2) is 0 Å². The lowest BCUT2D eigenvalue weighted by atomic mass is 10.0. The van der Waals surface area contributed by atoms with E-state index in [2.05, 4.69) is 65.0 Å². The number of rotatable bonds is 3. The maximum absolute atomic E-state index is 2.24. The van der Waals surface area contributed by atoms with Gasteiger partial charge in [-0.05, 0) is 23.8 Å². The second kappa shape index (κ2) is 13.3. The molecular formula is C17H32. The summed E-state index contributed by atoms with van der Waals surface area (Å²) in [4.78, 5) is 0.